The molecular weight excluding hydrogens is 172 g/mol. The monoisotopic (exact) mass is 190 g/mol. The van der Waals surface area contributed by atoms with Crippen molar-refractivity contribution in [2.75, 3.05) is 0 Å². The fourth-order valence-corrected chi connectivity index (χ4v) is 1.91. The summed E-state index contributed by atoms with van der Waals surface area (Å²) >= 11 is 0. The molecule has 0 fully saturated rings. The van der Waals surface area contributed by atoms with Gasteiger partial charge in [-0.3, -0.25) is 0 Å². The number of ketones is 1. The molecule has 0 bridgehead atoms. The first-order chi connectivity index (χ1) is 6.50. The zero-order valence-electron chi connectivity index (χ0n) is 9.48. The molecule has 1 aromatic carbocycles. The summed E-state index contributed by atoms with van der Waals surface area (Å²) in [4.78, 5) is 10.9. The zero-order chi connectivity index (χ0) is 10.7. The SMILES string of the molecule is CC(=O)CCc1c(C)cc(C)cc1C. The molecule has 0 atom stereocenters. The maximum absolute atomic E-state index is 10.9. The average Bonchev–Trinajstić information content (AvgIpc) is 2.01. The van der Waals surface area contributed by atoms with Crippen molar-refractivity contribution in [3.05, 3.63) is 34.4 Å². The number of benzene rings is 1. The molecule has 0 aliphatic carbocycles. The topological polar surface area (TPSA) is 17.1 Å². The van der Waals surface area contributed by atoms with Gasteiger partial charge in [0.1, 0.15) is 5.78 Å². The fourth-order valence-electron chi connectivity index (χ4n) is 1.91. The predicted molar refractivity (Wildman–Crippen MR) is 59.7 cm³/mol. The molecule has 76 valence electrons. The van der Waals surface area contributed by atoms with Crippen LogP contribution in [0.4, 0.5) is 0 Å². The van der Waals surface area contributed by atoms with Gasteiger partial charge in [0.2, 0.25) is 0 Å². The van der Waals surface area contributed by atoms with Crippen molar-refractivity contribution in [1.82, 2.24) is 0 Å². The van der Waals surface area contributed by atoms with E-state index in [4.69, 9.17) is 0 Å². The van der Waals surface area contributed by atoms with Crippen molar-refractivity contribution in [2.24, 2.45) is 0 Å². The van der Waals surface area contributed by atoms with Gasteiger partial charge in [0.05, 0.1) is 0 Å². The van der Waals surface area contributed by atoms with E-state index in [0.717, 1.165) is 6.42 Å². The Balaban J connectivity index is 2.91. The lowest BCUT2D eigenvalue weighted by molar-refractivity contribution is -0.116. The largest absolute Gasteiger partial charge is 0.300 e. The molecule has 0 saturated heterocycles. The highest BCUT2D eigenvalue weighted by molar-refractivity contribution is 5.75. The lowest BCUT2D eigenvalue weighted by Crippen LogP contribution is -1.99. The quantitative estimate of drug-likeness (QED) is 0.715. The molecule has 0 amide bonds. The minimum atomic E-state index is 0.268. The van der Waals surface area contributed by atoms with Crippen LogP contribution in [0.3, 0.4) is 0 Å². The van der Waals surface area contributed by atoms with Crippen molar-refractivity contribution in [3.8, 4) is 0 Å². The first kappa shape index (κ1) is 11.0. The minimum Gasteiger partial charge on any atom is -0.300 e. The zero-order valence-corrected chi connectivity index (χ0v) is 9.48. The second-order valence-corrected chi connectivity index (χ2v) is 4.08. The predicted octanol–water partition coefficient (Wildman–Crippen LogP) is 3.13. The van der Waals surface area contributed by atoms with Crippen molar-refractivity contribution in [1.29, 1.82) is 0 Å². The summed E-state index contributed by atoms with van der Waals surface area (Å²) in [5, 5.41) is 0. The van der Waals surface area contributed by atoms with Gasteiger partial charge in [0.25, 0.3) is 0 Å². The van der Waals surface area contributed by atoms with Crippen LogP contribution in [0.5, 0.6) is 0 Å². The van der Waals surface area contributed by atoms with Crippen LogP contribution < -0.4 is 0 Å². The minimum absolute atomic E-state index is 0.268. The maximum Gasteiger partial charge on any atom is 0.130 e. The van der Waals surface area contributed by atoms with Crippen LogP contribution in [-0.2, 0) is 11.2 Å². The number of rotatable bonds is 3. The van der Waals surface area contributed by atoms with Crippen molar-refractivity contribution in [3.63, 3.8) is 0 Å². The molecule has 0 unspecified atom stereocenters. The van der Waals surface area contributed by atoms with E-state index in [1.165, 1.54) is 22.3 Å². The van der Waals surface area contributed by atoms with Gasteiger partial charge >= 0.3 is 0 Å². The van der Waals surface area contributed by atoms with E-state index in [0.29, 0.717) is 6.42 Å². The molecule has 1 aromatic rings. The third-order valence-electron chi connectivity index (χ3n) is 2.57. The van der Waals surface area contributed by atoms with Crippen LogP contribution in [0.2, 0.25) is 0 Å². The first-order valence-corrected chi connectivity index (χ1v) is 5.07. The number of hydrogen-bond donors (Lipinski definition) is 0. The molecule has 0 saturated carbocycles. The molecule has 0 spiro atoms. The van der Waals surface area contributed by atoms with E-state index in [1.54, 1.807) is 6.92 Å². The van der Waals surface area contributed by atoms with Gasteiger partial charge in [-0.2, -0.15) is 0 Å². The van der Waals surface area contributed by atoms with E-state index in [2.05, 4.69) is 32.9 Å². The van der Waals surface area contributed by atoms with Gasteiger partial charge in [0, 0.05) is 6.42 Å². The third-order valence-corrected chi connectivity index (χ3v) is 2.57. The van der Waals surface area contributed by atoms with Gasteiger partial charge < -0.3 is 4.79 Å². The molecule has 1 rings (SSSR count). The van der Waals surface area contributed by atoms with Crippen LogP contribution in [0, 0.1) is 20.8 Å². The molecule has 0 aliphatic heterocycles. The molecule has 0 N–H and O–H groups in total. The molecule has 14 heavy (non-hydrogen) atoms. The Morgan fingerprint density at radius 2 is 1.64 bits per heavy atom. The molecular formula is C13H18O. The Hall–Kier alpha value is -1.11. The van der Waals surface area contributed by atoms with Crippen LogP contribution >= 0.6 is 0 Å². The summed E-state index contributed by atoms with van der Waals surface area (Å²) in [6, 6.07) is 4.37. The lowest BCUT2D eigenvalue weighted by Gasteiger charge is -2.10. The Kier molecular flexibility index (Phi) is 3.45. The molecule has 0 heterocycles. The normalized spacial score (nSPS) is 10.3. The van der Waals surface area contributed by atoms with Gasteiger partial charge in [-0.05, 0) is 50.8 Å². The van der Waals surface area contributed by atoms with Crippen LogP contribution in [-0.4, -0.2) is 5.78 Å². The van der Waals surface area contributed by atoms with E-state index in [9.17, 15) is 4.79 Å². The Bertz CT molecular complexity index is 327. The van der Waals surface area contributed by atoms with Gasteiger partial charge in [-0.15, -0.1) is 0 Å². The molecule has 1 heteroatoms. The summed E-state index contributed by atoms with van der Waals surface area (Å²) in [5.41, 5.74) is 5.25. The van der Waals surface area contributed by atoms with E-state index < -0.39 is 0 Å². The van der Waals surface area contributed by atoms with Crippen molar-refractivity contribution in [2.45, 2.75) is 40.5 Å². The average molecular weight is 190 g/mol. The molecule has 0 aliphatic rings. The summed E-state index contributed by atoms with van der Waals surface area (Å²) in [6.07, 6.45) is 1.54. The van der Waals surface area contributed by atoms with E-state index in [-0.39, 0.29) is 5.78 Å². The summed E-state index contributed by atoms with van der Waals surface area (Å²) in [6.45, 7) is 8.00. The first-order valence-electron chi connectivity index (χ1n) is 5.07. The molecule has 1 nitrogen and oxygen atoms in total. The lowest BCUT2D eigenvalue weighted by atomic mass is 9.96. The molecule has 0 radical (unpaired) electrons. The van der Waals surface area contributed by atoms with Crippen LogP contribution in [0.15, 0.2) is 12.1 Å². The summed E-state index contributed by atoms with van der Waals surface area (Å²) in [7, 11) is 0. The van der Waals surface area contributed by atoms with Crippen LogP contribution in [0.1, 0.15) is 35.6 Å². The number of Topliss-reactive ketones (excluding diaryl/α,β-unsaturated/α-hetero) is 1. The summed E-state index contributed by atoms with van der Waals surface area (Å²) < 4.78 is 0. The maximum atomic E-state index is 10.9. The fraction of sp³-hybridized carbons (Fsp3) is 0.462. The summed E-state index contributed by atoms with van der Waals surface area (Å²) in [5.74, 6) is 0.268. The highest BCUT2D eigenvalue weighted by atomic mass is 16.1. The third kappa shape index (κ3) is 2.69. The highest BCUT2D eigenvalue weighted by Crippen LogP contribution is 2.17. The Labute approximate surface area is 86.1 Å². The van der Waals surface area contributed by atoms with Gasteiger partial charge in [-0.25, -0.2) is 0 Å². The van der Waals surface area contributed by atoms with E-state index in [1.807, 2.05) is 0 Å². The number of hydrogen-bond acceptors (Lipinski definition) is 1. The van der Waals surface area contributed by atoms with Gasteiger partial charge in [-0.1, -0.05) is 17.7 Å². The van der Waals surface area contributed by atoms with E-state index >= 15 is 0 Å². The second kappa shape index (κ2) is 4.41. The number of carbonyl (C=O) groups is 1. The van der Waals surface area contributed by atoms with Crippen LogP contribution in [0.25, 0.3) is 0 Å². The molecule has 0 aromatic heterocycles. The number of aryl methyl sites for hydroxylation is 3. The van der Waals surface area contributed by atoms with Gasteiger partial charge in [0.15, 0.2) is 0 Å². The van der Waals surface area contributed by atoms with Crippen molar-refractivity contribution < 1.29 is 4.79 Å². The standard InChI is InChI=1S/C13H18O/c1-9-7-10(2)13(11(3)8-9)6-5-12(4)14/h7-8H,5-6H2,1-4H3. The van der Waals surface area contributed by atoms with Crippen molar-refractivity contribution >= 4 is 5.78 Å². The number of carbonyl (C=O) groups excluding carboxylic acids is 1. The Morgan fingerprint density at radius 3 is 2.07 bits per heavy atom. The smallest absolute Gasteiger partial charge is 0.130 e. The highest BCUT2D eigenvalue weighted by Gasteiger charge is 2.04. The Morgan fingerprint density at radius 1 is 1.14 bits per heavy atom. The second-order valence-electron chi connectivity index (χ2n) is 4.08.